The lowest BCUT2D eigenvalue weighted by Gasteiger charge is -2.12. The first-order valence-corrected chi connectivity index (χ1v) is 8.49. The van der Waals surface area contributed by atoms with Gasteiger partial charge in [0.25, 0.3) is 0 Å². The van der Waals surface area contributed by atoms with Crippen molar-refractivity contribution in [3.8, 4) is 0 Å². The number of nitrogens with zero attached hydrogens (tertiary/aromatic N) is 1. The molecule has 0 radical (unpaired) electrons. The monoisotopic (exact) mass is 320 g/mol. The minimum atomic E-state index is -0.181. The smallest absolute Gasteiger partial charge is 0.123 e. The van der Waals surface area contributed by atoms with Gasteiger partial charge in [-0.3, -0.25) is 0 Å². The molecule has 21 heavy (non-hydrogen) atoms. The summed E-state index contributed by atoms with van der Waals surface area (Å²) in [6.07, 6.45) is 0.866. The molecule has 0 amide bonds. The molecule has 0 aliphatic heterocycles. The zero-order valence-electron chi connectivity index (χ0n) is 12.2. The van der Waals surface area contributed by atoms with Gasteiger partial charge >= 0.3 is 0 Å². The van der Waals surface area contributed by atoms with Gasteiger partial charge in [0.2, 0.25) is 0 Å². The molecular formula is C16H17FN2S2. The van der Waals surface area contributed by atoms with Crippen molar-refractivity contribution >= 4 is 32.8 Å². The van der Waals surface area contributed by atoms with Crippen molar-refractivity contribution in [1.82, 2.24) is 10.3 Å². The molecule has 0 fully saturated rings. The summed E-state index contributed by atoms with van der Waals surface area (Å²) in [7, 11) is 1.96. The van der Waals surface area contributed by atoms with Crippen molar-refractivity contribution in [2.45, 2.75) is 26.3 Å². The molecule has 0 saturated heterocycles. The van der Waals surface area contributed by atoms with Gasteiger partial charge in [-0.25, -0.2) is 9.37 Å². The second-order valence-corrected chi connectivity index (χ2v) is 7.53. The summed E-state index contributed by atoms with van der Waals surface area (Å²) in [5.74, 6) is -0.181. The van der Waals surface area contributed by atoms with E-state index >= 15 is 0 Å². The third kappa shape index (κ3) is 3.00. The van der Waals surface area contributed by atoms with Gasteiger partial charge in [-0.1, -0.05) is 0 Å². The number of hydrogen-bond donors (Lipinski definition) is 1. The summed E-state index contributed by atoms with van der Waals surface area (Å²) in [5, 5.41) is 5.47. The molecule has 1 N–H and O–H groups in total. The van der Waals surface area contributed by atoms with E-state index in [9.17, 15) is 4.39 Å². The average molecular weight is 320 g/mol. The predicted octanol–water partition coefficient (Wildman–Crippen LogP) is 4.62. The Morgan fingerprint density at radius 1 is 1.24 bits per heavy atom. The Morgan fingerprint density at radius 2 is 2.05 bits per heavy atom. The average Bonchev–Trinajstić information content (AvgIpc) is 2.99. The van der Waals surface area contributed by atoms with Crippen LogP contribution in [0, 0.1) is 19.7 Å². The van der Waals surface area contributed by atoms with Crippen LogP contribution >= 0.6 is 22.7 Å². The fraction of sp³-hybridized carbons (Fsp3) is 0.312. The summed E-state index contributed by atoms with van der Waals surface area (Å²) in [6.45, 7) is 4.15. The number of aromatic nitrogens is 1. The van der Waals surface area contributed by atoms with E-state index < -0.39 is 0 Å². The second-order valence-electron chi connectivity index (χ2n) is 5.13. The first-order valence-electron chi connectivity index (χ1n) is 6.86. The zero-order valence-corrected chi connectivity index (χ0v) is 13.9. The third-order valence-electron chi connectivity index (χ3n) is 3.64. The highest BCUT2D eigenvalue weighted by molar-refractivity contribution is 7.19. The molecular weight excluding hydrogens is 303 g/mol. The molecule has 0 bridgehead atoms. The minimum Gasteiger partial charge on any atom is -0.312 e. The number of rotatable bonds is 4. The highest BCUT2D eigenvalue weighted by atomic mass is 32.1. The van der Waals surface area contributed by atoms with E-state index in [-0.39, 0.29) is 11.9 Å². The number of thiazole rings is 1. The number of nitrogens with one attached hydrogen (secondary N) is 1. The molecule has 0 aliphatic rings. The Balaban J connectivity index is 1.90. The quantitative estimate of drug-likeness (QED) is 0.759. The maximum atomic E-state index is 13.3. The van der Waals surface area contributed by atoms with Gasteiger partial charge in [-0.15, -0.1) is 22.7 Å². The van der Waals surface area contributed by atoms with Gasteiger partial charge in [0.15, 0.2) is 0 Å². The van der Waals surface area contributed by atoms with E-state index in [1.54, 1.807) is 28.7 Å². The molecule has 0 spiro atoms. The van der Waals surface area contributed by atoms with Crippen molar-refractivity contribution in [1.29, 1.82) is 0 Å². The van der Waals surface area contributed by atoms with Crippen LogP contribution < -0.4 is 5.32 Å². The van der Waals surface area contributed by atoms with Crippen LogP contribution in [-0.4, -0.2) is 12.0 Å². The first kappa shape index (κ1) is 14.6. The maximum absolute atomic E-state index is 13.3. The topological polar surface area (TPSA) is 24.9 Å². The van der Waals surface area contributed by atoms with E-state index in [2.05, 4.69) is 23.3 Å². The maximum Gasteiger partial charge on any atom is 0.123 e. The standard InChI is InChI=1S/C16H17FN2S2/c1-9-10(2)20-16(19-9)8-13(18-3)15-7-11-6-12(17)4-5-14(11)21-15/h4-7,13,18H,8H2,1-3H3. The summed E-state index contributed by atoms with van der Waals surface area (Å²) >= 11 is 3.47. The normalized spacial score (nSPS) is 13.0. The van der Waals surface area contributed by atoms with Crippen LogP contribution in [0.15, 0.2) is 24.3 Å². The molecule has 0 aliphatic carbocycles. The van der Waals surface area contributed by atoms with Crippen molar-refractivity contribution in [2.24, 2.45) is 0 Å². The number of halogens is 1. The largest absolute Gasteiger partial charge is 0.312 e. The van der Waals surface area contributed by atoms with Crippen molar-refractivity contribution in [2.75, 3.05) is 7.05 Å². The molecule has 1 aromatic carbocycles. The highest BCUT2D eigenvalue weighted by Crippen LogP contribution is 2.32. The number of aryl methyl sites for hydroxylation is 2. The van der Waals surface area contributed by atoms with Gasteiger partial charge < -0.3 is 5.32 Å². The second kappa shape index (κ2) is 5.83. The van der Waals surface area contributed by atoms with Crippen LogP contribution in [0.3, 0.4) is 0 Å². The lowest BCUT2D eigenvalue weighted by atomic mass is 10.1. The van der Waals surface area contributed by atoms with E-state index in [0.29, 0.717) is 0 Å². The summed E-state index contributed by atoms with van der Waals surface area (Å²) in [5.41, 5.74) is 1.11. The van der Waals surface area contributed by atoms with Crippen molar-refractivity contribution in [3.63, 3.8) is 0 Å². The van der Waals surface area contributed by atoms with Gasteiger partial charge in [0.05, 0.1) is 10.7 Å². The number of benzene rings is 1. The minimum absolute atomic E-state index is 0.181. The highest BCUT2D eigenvalue weighted by Gasteiger charge is 2.16. The summed E-state index contributed by atoms with van der Waals surface area (Å²) in [4.78, 5) is 7.12. The van der Waals surface area contributed by atoms with Gasteiger partial charge in [-0.2, -0.15) is 0 Å². The zero-order chi connectivity index (χ0) is 15.0. The molecule has 0 saturated carbocycles. The molecule has 3 rings (SSSR count). The Hall–Kier alpha value is -1.30. The molecule has 3 aromatic rings. The number of hydrogen-bond acceptors (Lipinski definition) is 4. The summed E-state index contributed by atoms with van der Waals surface area (Å²) in [6, 6.07) is 7.26. The van der Waals surface area contributed by atoms with Crippen LogP contribution in [-0.2, 0) is 6.42 Å². The number of fused-ring (bicyclic) bond motifs is 1. The first-order chi connectivity index (χ1) is 10.1. The molecule has 2 aromatic heterocycles. The van der Waals surface area contributed by atoms with Crippen LogP contribution in [0.1, 0.15) is 26.5 Å². The van der Waals surface area contributed by atoms with Crippen molar-refractivity contribution < 1.29 is 4.39 Å². The van der Waals surface area contributed by atoms with E-state index in [1.165, 1.54) is 15.8 Å². The van der Waals surface area contributed by atoms with E-state index in [4.69, 9.17) is 0 Å². The van der Waals surface area contributed by atoms with Crippen LogP contribution in [0.4, 0.5) is 4.39 Å². The van der Waals surface area contributed by atoms with Crippen LogP contribution in [0.5, 0.6) is 0 Å². The van der Waals surface area contributed by atoms with Crippen LogP contribution in [0.25, 0.3) is 10.1 Å². The fourth-order valence-electron chi connectivity index (χ4n) is 2.35. The Bertz CT molecular complexity index is 756. The molecule has 5 heteroatoms. The van der Waals surface area contributed by atoms with E-state index in [1.807, 2.05) is 20.0 Å². The molecule has 1 unspecified atom stereocenters. The lowest BCUT2D eigenvalue weighted by Crippen LogP contribution is -2.17. The fourth-order valence-corrected chi connectivity index (χ4v) is 4.49. The van der Waals surface area contributed by atoms with E-state index in [0.717, 1.165) is 27.2 Å². The van der Waals surface area contributed by atoms with Gasteiger partial charge in [-0.05, 0) is 50.5 Å². The Morgan fingerprint density at radius 3 is 2.71 bits per heavy atom. The van der Waals surface area contributed by atoms with Crippen LogP contribution in [0.2, 0.25) is 0 Å². The molecule has 1 atom stereocenters. The summed E-state index contributed by atoms with van der Waals surface area (Å²) < 4.78 is 14.4. The van der Waals surface area contributed by atoms with Gasteiger partial charge in [0, 0.05) is 26.9 Å². The number of likely N-dealkylation sites (N-methyl/N-ethyl adjacent to an activating group) is 1. The number of thiophene rings is 1. The lowest BCUT2D eigenvalue weighted by molar-refractivity contribution is 0.600. The molecule has 110 valence electrons. The molecule has 2 nitrogen and oxygen atoms in total. The van der Waals surface area contributed by atoms with Crippen molar-refractivity contribution in [3.05, 3.63) is 50.5 Å². The third-order valence-corrected chi connectivity index (χ3v) is 5.97. The molecule has 2 heterocycles. The Labute approximate surface area is 131 Å². The Kier molecular flexibility index (Phi) is 4.06. The predicted molar refractivity (Wildman–Crippen MR) is 88.9 cm³/mol. The van der Waals surface area contributed by atoms with Gasteiger partial charge in [0.1, 0.15) is 5.82 Å². The SMILES string of the molecule is CNC(Cc1nc(C)c(C)s1)c1cc2cc(F)ccc2s1.